The van der Waals surface area contributed by atoms with Crippen LogP contribution in [0.1, 0.15) is 12.8 Å². The van der Waals surface area contributed by atoms with Crippen LogP contribution in [-0.4, -0.2) is 11.0 Å². The van der Waals surface area contributed by atoms with Crippen LogP contribution in [-0.2, 0) is 0 Å². The van der Waals surface area contributed by atoms with Crippen LogP contribution in [0.2, 0.25) is 0 Å². The van der Waals surface area contributed by atoms with Gasteiger partial charge in [-0.3, -0.25) is 0 Å². The summed E-state index contributed by atoms with van der Waals surface area (Å²) in [6, 6.07) is 0. The molecule has 41 valence electrons. The highest BCUT2D eigenvalue weighted by molar-refractivity contribution is 8.77. The van der Waals surface area contributed by atoms with Crippen molar-refractivity contribution in [3.05, 3.63) is 6.92 Å². The maximum atomic E-state index is 3.94. The lowest BCUT2D eigenvalue weighted by Crippen LogP contribution is -1.99. The Hall–Kier alpha value is 0.700. The summed E-state index contributed by atoms with van der Waals surface area (Å²) in [7, 11) is 3.88. The number of hydrogen-bond donors (Lipinski definition) is 0. The van der Waals surface area contributed by atoms with Crippen molar-refractivity contribution < 1.29 is 0 Å². The van der Waals surface area contributed by atoms with Crippen LogP contribution in [0.3, 0.4) is 0 Å². The molecule has 1 aliphatic rings. The molecule has 1 heterocycles. The molecule has 1 saturated heterocycles. The maximum Gasteiger partial charge on any atom is 0.0152 e. The van der Waals surface area contributed by atoms with Gasteiger partial charge in [0, 0.05) is 11.0 Å². The van der Waals surface area contributed by atoms with Crippen molar-refractivity contribution in [2.75, 3.05) is 5.75 Å². The third kappa shape index (κ3) is 1.96. The summed E-state index contributed by atoms with van der Waals surface area (Å²) >= 11 is 0. The summed E-state index contributed by atoms with van der Waals surface area (Å²) in [4.78, 5) is 0. The van der Waals surface area contributed by atoms with E-state index in [1.54, 1.807) is 0 Å². The third-order valence-corrected chi connectivity index (χ3v) is 3.78. The molecule has 0 aromatic carbocycles. The molecule has 1 aliphatic heterocycles. The van der Waals surface area contributed by atoms with E-state index in [1.807, 2.05) is 21.6 Å². The lowest BCUT2D eigenvalue weighted by atomic mass is 10.3. The largest absolute Gasteiger partial charge is 0.0939 e. The fourth-order valence-electron chi connectivity index (χ4n) is 0.562. The maximum absolute atomic E-state index is 3.94. The van der Waals surface area contributed by atoms with Crippen molar-refractivity contribution in [1.29, 1.82) is 0 Å². The second kappa shape index (κ2) is 2.88. The highest BCUT2D eigenvalue weighted by Gasteiger charge is 2.07. The summed E-state index contributed by atoms with van der Waals surface area (Å²) in [6.45, 7) is 3.94. The first-order chi connectivity index (χ1) is 3.39. The van der Waals surface area contributed by atoms with E-state index in [-0.39, 0.29) is 0 Å². The lowest BCUT2D eigenvalue weighted by Gasteiger charge is -2.14. The standard InChI is InChI=1S/C5H9S2/c1-5-3-2-4-6-7-5/h5H,1-4H2. The van der Waals surface area contributed by atoms with Crippen LogP contribution in [0, 0.1) is 6.92 Å². The first kappa shape index (κ1) is 5.83. The summed E-state index contributed by atoms with van der Waals surface area (Å²) < 4.78 is 0. The van der Waals surface area contributed by atoms with Crippen LogP contribution in [0.5, 0.6) is 0 Å². The van der Waals surface area contributed by atoms with E-state index in [0.29, 0.717) is 5.25 Å². The minimum atomic E-state index is 0.666. The highest BCUT2D eigenvalue weighted by Crippen LogP contribution is 2.34. The van der Waals surface area contributed by atoms with E-state index in [1.165, 1.54) is 18.6 Å². The van der Waals surface area contributed by atoms with Gasteiger partial charge in [-0.2, -0.15) is 0 Å². The SMILES string of the molecule is [CH2]C1CCCSS1. The zero-order chi connectivity index (χ0) is 5.11. The molecule has 0 amide bonds. The number of hydrogen-bond acceptors (Lipinski definition) is 2. The van der Waals surface area contributed by atoms with Gasteiger partial charge in [0.15, 0.2) is 0 Å². The average Bonchev–Trinajstić information content (AvgIpc) is 1.69. The zero-order valence-corrected chi connectivity index (χ0v) is 5.86. The molecular weight excluding hydrogens is 124 g/mol. The highest BCUT2D eigenvalue weighted by atomic mass is 33.1. The first-order valence-corrected chi connectivity index (χ1v) is 4.89. The van der Waals surface area contributed by atoms with Crippen LogP contribution < -0.4 is 0 Å². The van der Waals surface area contributed by atoms with Crippen LogP contribution in [0.25, 0.3) is 0 Å². The summed E-state index contributed by atoms with van der Waals surface area (Å²) in [5, 5.41) is 0.666. The quantitative estimate of drug-likeness (QED) is 0.465. The molecule has 1 unspecified atom stereocenters. The molecule has 0 nitrogen and oxygen atoms in total. The van der Waals surface area contributed by atoms with Crippen molar-refractivity contribution in [3.63, 3.8) is 0 Å². The van der Waals surface area contributed by atoms with E-state index in [9.17, 15) is 0 Å². The van der Waals surface area contributed by atoms with Gasteiger partial charge >= 0.3 is 0 Å². The van der Waals surface area contributed by atoms with Crippen molar-refractivity contribution in [1.82, 2.24) is 0 Å². The smallest absolute Gasteiger partial charge is 0.0152 e. The van der Waals surface area contributed by atoms with Gasteiger partial charge in [0.2, 0.25) is 0 Å². The van der Waals surface area contributed by atoms with Gasteiger partial charge in [0.25, 0.3) is 0 Å². The zero-order valence-electron chi connectivity index (χ0n) is 4.22. The molecule has 0 saturated carbocycles. The molecule has 2 heteroatoms. The van der Waals surface area contributed by atoms with E-state index < -0.39 is 0 Å². The normalized spacial score (nSPS) is 33.0. The molecule has 0 aromatic rings. The van der Waals surface area contributed by atoms with Crippen LogP contribution in [0.15, 0.2) is 0 Å². The molecule has 0 aliphatic carbocycles. The Kier molecular flexibility index (Phi) is 2.40. The van der Waals surface area contributed by atoms with Gasteiger partial charge in [-0.1, -0.05) is 21.6 Å². The molecule has 0 bridgehead atoms. The lowest BCUT2D eigenvalue weighted by molar-refractivity contribution is 0.833. The topological polar surface area (TPSA) is 0 Å². The second-order valence-corrected chi connectivity index (χ2v) is 4.47. The van der Waals surface area contributed by atoms with Gasteiger partial charge in [-0.15, -0.1) is 0 Å². The Bertz CT molecular complexity index is 48.0. The Morgan fingerprint density at radius 3 is 2.71 bits per heavy atom. The molecule has 0 aromatic heterocycles. The monoisotopic (exact) mass is 133 g/mol. The van der Waals surface area contributed by atoms with Crippen molar-refractivity contribution in [2.45, 2.75) is 18.1 Å². The van der Waals surface area contributed by atoms with Gasteiger partial charge in [-0.05, 0) is 19.8 Å². The predicted molar refractivity (Wildman–Crippen MR) is 38.4 cm³/mol. The molecule has 1 atom stereocenters. The van der Waals surface area contributed by atoms with Gasteiger partial charge in [-0.25, -0.2) is 0 Å². The molecule has 0 spiro atoms. The van der Waals surface area contributed by atoms with Gasteiger partial charge in [0.05, 0.1) is 0 Å². The van der Waals surface area contributed by atoms with Gasteiger partial charge in [0.1, 0.15) is 0 Å². The van der Waals surface area contributed by atoms with Crippen LogP contribution in [0.4, 0.5) is 0 Å². The van der Waals surface area contributed by atoms with E-state index in [2.05, 4.69) is 6.92 Å². The van der Waals surface area contributed by atoms with E-state index in [0.717, 1.165) is 0 Å². The van der Waals surface area contributed by atoms with E-state index in [4.69, 9.17) is 0 Å². The molecule has 1 rings (SSSR count). The minimum absolute atomic E-state index is 0.666. The summed E-state index contributed by atoms with van der Waals surface area (Å²) in [6.07, 6.45) is 2.68. The Balaban J connectivity index is 2.12. The Morgan fingerprint density at radius 1 is 1.57 bits per heavy atom. The number of rotatable bonds is 0. The molecule has 7 heavy (non-hydrogen) atoms. The predicted octanol–water partition coefficient (Wildman–Crippen LogP) is 2.36. The molecule has 0 N–H and O–H groups in total. The molecular formula is C5H9S2. The van der Waals surface area contributed by atoms with E-state index >= 15 is 0 Å². The summed E-state index contributed by atoms with van der Waals surface area (Å²) in [5.74, 6) is 1.33. The fraction of sp³-hybridized carbons (Fsp3) is 0.800. The van der Waals surface area contributed by atoms with Crippen molar-refractivity contribution in [3.8, 4) is 0 Å². The second-order valence-electron chi connectivity index (χ2n) is 1.68. The first-order valence-electron chi connectivity index (χ1n) is 2.51. The van der Waals surface area contributed by atoms with Crippen molar-refractivity contribution in [2.24, 2.45) is 0 Å². The molecule has 1 fully saturated rings. The Labute approximate surface area is 52.8 Å². The molecule has 1 radical (unpaired) electrons. The Morgan fingerprint density at radius 2 is 2.43 bits per heavy atom. The van der Waals surface area contributed by atoms with Gasteiger partial charge < -0.3 is 0 Å². The fourth-order valence-corrected chi connectivity index (χ4v) is 2.91. The minimum Gasteiger partial charge on any atom is -0.0939 e. The third-order valence-electron chi connectivity index (χ3n) is 0.958. The van der Waals surface area contributed by atoms with Crippen LogP contribution >= 0.6 is 21.6 Å². The van der Waals surface area contributed by atoms with Crippen molar-refractivity contribution >= 4 is 21.6 Å². The summed E-state index contributed by atoms with van der Waals surface area (Å²) in [5.41, 5.74) is 0. The average molecular weight is 133 g/mol.